The summed E-state index contributed by atoms with van der Waals surface area (Å²) in [5, 5.41) is 0. The third kappa shape index (κ3) is 4.23. The minimum atomic E-state index is 0.881. The number of unbranched alkanes of at least 4 members (excludes halogenated alkanes) is 1. The maximum atomic E-state index is 2.72. The number of hydrogen-bond donors (Lipinski definition) is 0. The van der Waals surface area contributed by atoms with Crippen LogP contribution in [0.3, 0.4) is 0 Å². The molecule has 0 saturated carbocycles. The molecule has 3 nitrogen and oxygen atoms in total. The maximum Gasteiger partial charge on any atom is 0.0223 e. The fraction of sp³-hybridized carbons (Fsp3) is 1.00. The molecular weight excluding hydrogens is 210 g/mol. The number of nitrogens with zero attached hydrogens (tertiary/aromatic N) is 3. The molecule has 0 aliphatic carbocycles. The Morgan fingerprint density at radius 1 is 1.06 bits per heavy atom. The zero-order chi connectivity index (χ0) is 12.1. The summed E-state index contributed by atoms with van der Waals surface area (Å²) in [7, 11) is 4.34. The normalized spacial score (nSPS) is 27.4. The molecule has 2 aliphatic rings. The molecule has 17 heavy (non-hydrogen) atoms. The van der Waals surface area contributed by atoms with Gasteiger partial charge >= 0.3 is 0 Å². The summed E-state index contributed by atoms with van der Waals surface area (Å²) in [5.74, 6) is 0. The molecule has 0 radical (unpaired) electrons. The molecule has 2 fully saturated rings. The number of fused-ring (bicyclic) bond motifs is 1. The van der Waals surface area contributed by atoms with Gasteiger partial charge in [-0.25, -0.2) is 0 Å². The molecule has 0 amide bonds. The van der Waals surface area contributed by atoms with Crippen LogP contribution in [0.4, 0.5) is 0 Å². The second kappa shape index (κ2) is 6.72. The van der Waals surface area contributed by atoms with Gasteiger partial charge in [0, 0.05) is 12.6 Å². The summed E-state index contributed by atoms with van der Waals surface area (Å²) in [6.07, 6.45) is 6.96. The first kappa shape index (κ1) is 13.3. The zero-order valence-electron chi connectivity index (χ0n) is 11.7. The van der Waals surface area contributed by atoms with Gasteiger partial charge in [0.25, 0.3) is 0 Å². The SMILES string of the molecule is CN(C)CCCCN1CCCN2CCCC2C1. The topological polar surface area (TPSA) is 9.72 Å². The van der Waals surface area contributed by atoms with Crippen molar-refractivity contribution in [2.45, 2.75) is 38.1 Å². The highest BCUT2D eigenvalue weighted by Gasteiger charge is 2.28. The van der Waals surface area contributed by atoms with Gasteiger partial charge in [0.05, 0.1) is 0 Å². The first-order valence-electron chi connectivity index (χ1n) is 7.37. The van der Waals surface area contributed by atoms with E-state index < -0.39 is 0 Å². The fourth-order valence-electron chi connectivity index (χ4n) is 3.25. The van der Waals surface area contributed by atoms with Crippen molar-refractivity contribution in [3.8, 4) is 0 Å². The smallest absolute Gasteiger partial charge is 0.0223 e. The lowest BCUT2D eigenvalue weighted by atomic mass is 10.2. The van der Waals surface area contributed by atoms with Gasteiger partial charge in [0.1, 0.15) is 0 Å². The van der Waals surface area contributed by atoms with Crippen molar-refractivity contribution in [2.24, 2.45) is 0 Å². The van der Waals surface area contributed by atoms with Crippen molar-refractivity contribution in [1.82, 2.24) is 14.7 Å². The average Bonchev–Trinajstić information content (AvgIpc) is 2.63. The van der Waals surface area contributed by atoms with Gasteiger partial charge in [-0.15, -0.1) is 0 Å². The van der Waals surface area contributed by atoms with E-state index in [4.69, 9.17) is 0 Å². The van der Waals surface area contributed by atoms with Crippen molar-refractivity contribution in [2.75, 3.05) is 53.4 Å². The van der Waals surface area contributed by atoms with Gasteiger partial charge in [-0.2, -0.15) is 0 Å². The number of rotatable bonds is 5. The van der Waals surface area contributed by atoms with Gasteiger partial charge in [-0.05, 0) is 78.9 Å². The van der Waals surface area contributed by atoms with Crippen LogP contribution in [0.1, 0.15) is 32.1 Å². The molecular formula is C14H29N3. The van der Waals surface area contributed by atoms with E-state index in [9.17, 15) is 0 Å². The zero-order valence-corrected chi connectivity index (χ0v) is 11.7. The van der Waals surface area contributed by atoms with E-state index in [2.05, 4.69) is 28.8 Å². The molecule has 100 valence electrons. The van der Waals surface area contributed by atoms with Gasteiger partial charge < -0.3 is 9.80 Å². The van der Waals surface area contributed by atoms with Crippen molar-refractivity contribution >= 4 is 0 Å². The third-order valence-electron chi connectivity index (χ3n) is 4.22. The molecule has 0 N–H and O–H groups in total. The van der Waals surface area contributed by atoms with E-state index >= 15 is 0 Å². The van der Waals surface area contributed by atoms with Gasteiger partial charge in [0.15, 0.2) is 0 Å². The minimum absolute atomic E-state index is 0.881. The van der Waals surface area contributed by atoms with Crippen LogP contribution in [0.2, 0.25) is 0 Å². The monoisotopic (exact) mass is 239 g/mol. The Balaban J connectivity index is 1.66. The first-order valence-corrected chi connectivity index (χ1v) is 7.37. The molecule has 0 bridgehead atoms. The average molecular weight is 239 g/mol. The third-order valence-corrected chi connectivity index (χ3v) is 4.22. The van der Waals surface area contributed by atoms with E-state index in [1.54, 1.807) is 0 Å². The summed E-state index contributed by atoms with van der Waals surface area (Å²) < 4.78 is 0. The molecule has 2 saturated heterocycles. The van der Waals surface area contributed by atoms with Crippen molar-refractivity contribution < 1.29 is 0 Å². The van der Waals surface area contributed by atoms with Gasteiger partial charge in [0.2, 0.25) is 0 Å². The highest BCUT2D eigenvalue weighted by Crippen LogP contribution is 2.21. The summed E-state index contributed by atoms with van der Waals surface area (Å²) in [5.41, 5.74) is 0. The van der Waals surface area contributed by atoms with Crippen molar-refractivity contribution in [1.29, 1.82) is 0 Å². The molecule has 1 atom stereocenters. The van der Waals surface area contributed by atoms with E-state index in [0.717, 1.165) is 6.04 Å². The predicted molar refractivity (Wildman–Crippen MR) is 73.4 cm³/mol. The Morgan fingerprint density at radius 3 is 2.71 bits per heavy atom. The Bertz CT molecular complexity index is 218. The summed E-state index contributed by atoms with van der Waals surface area (Å²) in [6.45, 7) is 7.93. The molecule has 0 aromatic carbocycles. The van der Waals surface area contributed by atoms with E-state index in [1.807, 2.05) is 0 Å². The molecule has 0 aromatic heterocycles. The van der Waals surface area contributed by atoms with Crippen molar-refractivity contribution in [3.63, 3.8) is 0 Å². The molecule has 3 heteroatoms. The Hall–Kier alpha value is -0.120. The lowest BCUT2D eigenvalue weighted by Gasteiger charge is -2.25. The van der Waals surface area contributed by atoms with E-state index in [-0.39, 0.29) is 0 Å². The minimum Gasteiger partial charge on any atom is -0.309 e. The largest absolute Gasteiger partial charge is 0.309 e. The second-order valence-corrected chi connectivity index (χ2v) is 6.00. The van der Waals surface area contributed by atoms with Crippen LogP contribution in [-0.4, -0.2) is 74.1 Å². The predicted octanol–water partition coefficient (Wildman–Crippen LogP) is 1.50. The quantitative estimate of drug-likeness (QED) is 0.673. The maximum absolute atomic E-state index is 2.72. The van der Waals surface area contributed by atoms with Crippen LogP contribution < -0.4 is 0 Å². The van der Waals surface area contributed by atoms with Gasteiger partial charge in [-0.1, -0.05) is 0 Å². The summed E-state index contributed by atoms with van der Waals surface area (Å²) in [4.78, 5) is 7.73. The molecule has 1 unspecified atom stereocenters. The molecule has 0 spiro atoms. The second-order valence-electron chi connectivity index (χ2n) is 6.00. The first-order chi connectivity index (χ1) is 8.25. The van der Waals surface area contributed by atoms with Crippen LogP contribution in [0.15, 0.2) is 0 Å². The number of hydrogen-bond acceptors (Lipinski definition) is 3. The van der Waals surface area contributed by atoms with Gasteiger partial charge in [-0.3, -0.25) is 4.90 Å². The molecule has 2 rings (SSSR count). The molecule has 2 aliphatic heterocycles. The highest BCUT2D eigenvalue weighted by molar-refractivity contribution is 4.84. The Labute approximate surface area is 107 Å². The lowest BCUT2D eigenvalue weighted by Crippen LogP contribution is -2.37. The lowest BCUT2D eigenvalue weighted by molar-refractivity contribution is 0.216. The fourth-order valence-corrected chi connectivity index (χ4v) is 3.25. The Kier molecular flexibility index (Phi) is 5.26. The van der Waals surface area contributed by atoms with Crippen LogP contribution >= 0.6 is 0 Å². The standard InChI is InChI=1S/C14H29N3/c1-15(2)8-3-4-9-16-10-6-12-17-11-5-7-14(17)13-16/h14H,3-13H2,1-2H3. The summed E-state index contributed by atoms with van der Waals surface area (Å²) in [6, 6.07) is 0.881. The highest BCUT2D eigenvalue weighted by atomic mass is 15.3. The van der Waals surface area contributed by atoms with Crippen LogP contribution in [0.25, 0.3) is 0 Å². The van der Waals surface area contributed by atoms with E-state index in [1.165, 1.54) is 71.4 Å². The van der Waals surface area contributed by atoms with E-state index in [0.29, 0.717) is 0 Å². The molecule has 0 aromatic rings. The van der Waals surface area contributed by atoms with Crippen LogP contribution in [-0.2, 0) is 0 Å². The van der Waals surface area contributed by atoms with Crippen molar-refractivity contribution in [3.05, 3.63) is 0 Å². The molecule has 2 heterocycles. The Morgan fingerprint density at radius 2 is 1.88 bits per heavy atom. The van der Waals surface area contributed by atoms with Crippen LogP contribution in [0.5, 0.6) is 0 Å². The van der Waals surface area contributed by atoms with Crippen LogP contribution in [0, 0.1) is 0 Å². The summed E-state index contributed by atoms with van der Waals surface area (Å²) >= 11 is 0.